The number of hydrogen-bond acceptors (Lipinski definition) is 8. The minimum atomic E-state index is -1.48. The van der Waals surface area contributed by atoms with Gasteiger partial charge in [-0.3, -0.25) is 19.2 Å². The molecule has 5 unspecified atom stereocenters. The van der Waals surface area contributed by atoms with Gasteiger partial charge in [0.1, 0.15) is 18.1 Å². The number of hydrogen-bond donors (Lipinski definition) is 7. The Kier molecular flexibility index (Phi) is 13.5. The molecule has 9 N–H and O–H groups in total. The van der Waals surface area contributed by atoms with Gasteiger partial charge < -0.3 is 37.6 Å². The molecule has 0 bridgehead atoms. The summed E-state index contributed by atoms with van der Waals surface area (Å²) in [5.74, 6) is -3.74. The second-order valence-electron chi connectivity index (χ2n) is 8.27. The van der Waals surface area contributed by atoms with E-state index in [1.807, 2.05) is 0 Å². The molecule has 0 aliphatic carbocycles. The molecule has 0 aliphatic heterocycles. The van der Waals surface area contributed by atoms with Gasteiger partial charge in [-0.2, -0.15) is 11.8 Å². The molecule has 0 heterocycles. The Morgan fingerprint density at radius 2 is 1.56 bits per heavy atom. The van der Waals surface area contributed by atoms with Crippen molar-refractivity contribution in [3.63, 3.8) is 0 Å². The Bertz CT molecular complexity index is 900. The zero-order valence-electron chi connectivity index (χ0n) is 20.3. The lowest BCUT2D eigenvalue weighted by atomic mass is 10.0. The highest BCUT2D eigenvalue weighted by Gasteiger charge is 2.32. The van der Waals surface area contributed by atoms with Crippen molar-refractivity contribution < 1.29 is 34.2 Å². The van der Waals surface area contributed by atoms with E-state index in [9.17, 15) is 34.2 Å². The molecule has 1 aromatic rings. The summed E-state index contributed by atoms with van der Waals surface area (Å²) >= 11 is 1.42. The van der Waals surface area contributed by atoms with E-state index in [1.54, 1.807) is 36.6 Å². The van der Waals surface area contributed by atoms with Gasteiger partial charge in [-0.05, 0) is 37.3 Å². The molecule has 36 heavy (non-hydrogen) atoms. The van der Waals surface area contributed by atoms with Crippen molar-refractivity contribution in [2.75, 3.05) is 12.0 Å². The number of aliphatic carboxylic acids is 1. The van der Waals surface area contributed by atoms with E-state index < -0.39 is 59.9 Å². The van der Waals surface area contributed by atoms with Gasteiger partial charge in [0.05, 0.1) is 12.1 Å². The minimum absolute atomic E-state index is 0.00200. The van der Waals surface area contributed by atoms with Gasteiger partial charge >= 0.3 is 5.97 Å². The van der Waals surface area contributed by atoms with Gasteiger partial charge in [0.15, 0.2) is 0 Å². The first-order valence-corrected chi connectivity index (χ1v) is 12.7. The molecule has 13 heteroatoms. The van der Waals surface area contributed by atoms with Crippen molar-refractivity contribution in [2.24, 2.45) is 11.5 Å². The largest absolute Gasteiger partial charge is 0.480 e. The summed E-state index contributed by atoms with van der Waals surface area (Å²) < 4.78 is 0. The van der Waals surface area contributed by atoms with Crippen LogP contribution in [0, 0.1) is 0 Å². The van der Waals surface area contributed by atoms with Crippen molar-refractivity contribution >= 4 is 41.4 Å². The molecule has 0 aliphatic rings. The fraction of sp³-hybridized carbons (Fsp3) is 0.522. The van der Waals surface area contributed by atoms with Crippen LogP contribution in [0.25, 0.3) is 0 Å². The maximum absolute atomic E-state index is 12.9. The highest BCUT2D eigenvalue weighted by molar-refractivity contribution is 7.98. The van der Waals surface area contributed by atoms with E-state index >= 15 is 0 Å². The van der Waals surface area contributed by atoms with Crippen molar-refractivity contribution in [3.05, 3.63) is 35.9 Å². The molecule has 0 aromatic heterocycles. The standard InChI is InChI=1S/C23H35N5O7S/c1-13(29)19(22(33)27-17(23(34)35)12-14-6-4-3-5-7-14)28-21(32)16(10-11-36-2)26-20(31)15(24)8-9-18(25)30/h3-7,13,15-17,19,29H,8-12,24H2,1-2H3,(H2,25,30)(H,26,31)(H,27,33)(H,28,32)(H,34,35). The SMILES string of the molecule is CSCCC(NC(=O)C(N)CCC(N)=O)C(=O)NC(C(=O)NC(Cc1ccccc1)C(=O)O)C(C)O. The van der Waals surface area contributed by atoms with E-state index in [1.165, 1.54) is 18.7 Å². The number of amides is 4. The molecule has 200 valence electrons. The Labute approximate surface area is 213 Å². The summed E-state index contributed by atoms with van der Waals surface area (Å²) in [4.78, 5) is 60.8. The number of rotatable bonds is 16. The van der Waals surface area contributed by atoms with E-state index in [0.29, 0.717) is 11.3 Å². The van der Waals surface area contributed by atoms with Crippen LogP contribution >= 0.6 is 11.8 Å². The van der Waals surface area contributed by atoms with Crippen LogP contribution in [0.3, 0.4) is 0 Å². The van der Waals surface area contributed by atoms with Crippen LogP contribution in [0.15, 0.2) is 30.3 Å². The van der Waals surface area contributed by atoms with Crippen LogP contribution in [0.4, 0.5) is 0 Å². The third-order valence-electron chi connectivity index (χ3n) is 5.24. The van der Waals surface area contributed by atoms with Crippen LogP contribution in [-0.2, 0) is 30.4 Å². The molecule has 0 saturated carbocycles. The third kappa shape index (κ3) is 11.1. The number of carboxylic acids is 1. The molecule has 4 amide bonds. The number of aliphatic hydroxyl groups is 1. The zero-order chi connectivity index (χ0) is 27.3. The van der Waals surface area contributed by atoms with Crippen LogP contribution in [0.1, 0.15) is 31.7 Å². The molecular weight excluding hydrogens is 490 g/mol. The van der Waals surface area contributed by atoms with Crippen molar-refractivity contribution in [2.45, 2.75) is 62.9 Å². The number of primary amides is 1. The van der Waals surface area contributed by atoms with E-state index in [0.717, 1.165) is 0 Å². The topological polar surface area (TPSA) is 214 Å². The van der Waals surface area contributed by atoms with E-state index in [4.69, 9.17) is 11.5 Å². The highest BCUT2D eigenvalue weighted by Crippen LogP contribution is 2.07. The molecule has 5 atom stereocenters. The van der Waals surface area contributed by atoms with Gasteiger partial charge in [-0.25, -0.2) is 4.79 Å². The fourth-order valence-corrected chi connectivity index (χ4v) is 3.65. The summed E-state index contributed by atoms with van der Waals surface area (Å²) in [7, 11) is 0. The summed E-state index contributed by atoms with van der Waals surface area (Å²) in [6.07, 6.45) is 0.525. The lowest BCUT2D eigenvalue weighted by Gasteiger charge is -2.26. The molecule has 0 fully saturated rings. The maximum atomic E-state index is 12.9. The predicted octanol–water partition coefficient (Wildman–Crippen LogP) is -1.51. The van der Waals surface area contributed by atoms with Crippen LogP contribution < -0.4 is 27.4 Å². The summed E-state index contributed by atoms with van der Waals surface area (Å²) in [5, 5.41) is 26.9. The average molecular weight is 526 g/mol. The molecule has 12 nitrogen and oxygen atoms in total. The van der Waals surface area contributed by atoms with Gasteiger partial charge in [0.2, 0.25) is 23.6 Å². The first-order valence-electron chi connectivity index (χ1n) is 11.3. The summed E-state index contributed by atoms with van der Waals surface area (Å²) in [5.41, 5.74) is 11.5. The van der Waals surface area contributed by atoms with Crippen molar-refractivity contribution in [1.29, 1.82) is 0 Å². The Morgan fingerprint density at radius 3 is 2.08 bits per heavy atom. The Balaban J connectivity index is 2.91. The first-order chi connectivity index (χ1) is 17.0. The predicted molar refractivity (Wildman–Crippen MR) is 135 cm³/mol. The van der Waals surface area contributed by atoms with E-state index in [2.05, 4.69) is 16.0 Å². The first kappa shape index (κ1) is 30.9. The molecule has 0 spiro atoms. The average Bonchev–Trinajstić information content (AvgIpc) is 2.82. The molecule has 1 rings (SSSR count). The van der Waals surface area contributed by atoms with Crippen LogP contribution in [0.2, 0.25) is 0 Å². The lowest BCUT2D eigenvalue weighted by molar-refractivity contribution is -0.143. The van der Waals surface area contributed by atoms with Crippen molar-refractivity contribution in [3.8, 4) is 0 Å². The van der Waals surface area contributed by atoms with Crippen molar-refractivity contribution in [1.82, 2.24) is 16.0 Å². The number of nitrogens with one attached hydrogen (secondary N) is 3. The second-order valence-corrected chi connectivity index (χ2v) is 9.26. The van der Waals surface area contributed by atoms with Crippen LogP contribution in [-0.4, -0.2) is 82.1 Å². The smallest absolute Gasteiger partial charge is 0.326 e. The third-order valence-corrected chi connectivity index (χ3v) is 5.89. The number of thioether (sulfide) groups is 1. The summed E-state index contributed by atoms with van der Waals surface area (Å²) in [6.45, 7) is 1.27. The van der Waals surface area contributed by atoms with Crippen LogP contribution in [0.5, 0.6) is 0 Å². The number of carbonyl (C=O) groups is 5. The zero-order valence-corrected chi connectivity index (χ0v) is 21.1. The van der Waals surface area contributed by atoms with Gasteiger partial charge in [0, 0.05) is 12.8 Å². The van der Waals surface area contributed by atoms with E-state index in [-0.39, 0.29) is 25.7 Å². The number of carboxylic acid groups (broad SMARTS) is 1. The minimum Gasteiger partial charge on any atom is -0.480 e. The quantitative estimate of drug-likeness (QED) is 0.133. The highest BCUT2D eigenvalue weighted by atomic mass is 32.2. The summed E-state index contributed by atoms with van der Waals surface area (Å²) in [6, 6.07) is 3.72. The lowest BCUT2D eigenvalue weighted by Crippen LogP contribution is -2.60. The van der Waals surface area contributed by atoms with Gasteiger partial charge in [-0.1, -0.05) is 30.3 Å². The fourth-order valence-electron chi connectivity index (χ4n) is 3.18. The Hall–Kier alpha value is -3.16. The number of nitrogens with two attached hydrogens (primary N) is 2. The normalized spacial score (nSPS) is 15.0. The molecular formula is C23H35N5O7S. The number of aliphatic hydroxyl groups excluding tert-OH is 1. The molecule has 1 aromatic carbocycles. The Morgan fingerprint density at radius 1 is 0.944 bits per heavy atom. The number of carbonyl (C=O) groups excluding carboxylic acids is 4. The second kappa shape index (κ2) is 15.8. The number of benzene rings is 1. The van der Waals surface area contributed by atoms with Gasteiger partial charge in [0.25, 0.3) is 0 Å². The molecule has 0 saturated heterocycles. The van der Waals surface area contributed by atoms with Gasteiger partial charge in [-0.15, -0.1) is 0 Å². The molecule has 0 radical (unpaired) electrons. The maximum Gasteiger partial charge on any atom is 0.326 e. The monoisotopic (exact) mass is 525 g/mol.